The zero-order valence-corrected chi connectivity index (χ0v) is 16.4. The Balaban J connectivity index is 1.62. The van der Waals surface area contributed by atoms with Gasteiger partial charge in [0.25, 0.3) is 17.5 Å². The molecule has 154 valence electrons. The molecule has 0 saturated heterocycles. The van der Waals surface area contributed by atoms with Gasteiger partial charge in [-0.3, -0.25) is 30.6 Å². The van der Waals surface area contributed by atoms with Gasteiger partial charge < -0.3 is 4.42 Å². The van der Waals surface area contributed by atoms with Crippen LogP contribution in [0.4, 0.5) is 5.69 Å². The van der Waals surface area contributed by atoms with Gasteiger partial charge in [-0.25, -0.2) is 4.98 Å². The van der Waals surface area contributed by atoms with Gasteiger partial charge in [0.05, 0.1) is 22.3 Å². The van der Waals surface area contributed by atoms with Crippen LogP contribution < -0.4 is 10.9 Å². The van der Waals surface area contributed by atoms with E-state index in [1.54, 1.807) is 36.4 Å². The minimum absolute atomic E-state index is 0.112. The van der Waals surface area contributed by atoms with E-state index in [-0.39, 0.29) is 16.1 Å². The Bertz CT molecular complexity index is 1320. The van der Waals surface area contributed by atoms with E-state index < -0.39 is 22.4 Å². The number of fused-ring (bicyclic) bond motifs is 1. The SMILES string of the molecule is O=C(NNC(=O)c1cc(-c2ccco2)nc2ccccc12)c1ccc(Cl)cc1[N+](=O)[O-]. The Morgan fingerprint density at radius 3 is 2.42 bits per heavy atom. The highest BCUT2D eigenvalue weighted by molar-refractivity contribution is 6.31. The first kappa shape index (κ1) is 20.0. The van der Waals surface area contributed by atoms with Crippen LogP contribution in [0, 0.1) is 10.1 Å². The van der Waals surface area contributed by atoms with Crippen LogP contribution in [0.1, 0.15) is 20.7 Å². The fourth-order valence-corrected chi connectivity index (χ4v) is 3.18. The molecular formula is C21H13ClN4O5. The number of rotatable bonds is 4. The van der Waals surface area contributed by atoms with E-state index in [2.05, 4.69) is 15.8 Å². The summed E-state index contributed by atoms with van der Waals surface area (Å²) in [6.45, 7) is 0. The van der Waals surface area contributed by atoms with E-state index in [1.165, 1.54) is 24.5 Å². The molecule has 2 aromatic carbocycles. The minimum Gasteiger partial charge on any atom is -0.463 e. The van der Waals surface area contributed by atoms with Gasteiger partial charge in [-0.15, -0.1) is 0 Å². The number of hydrazine groups is 1. The third-order valence-electron chi connectivity index (χ3n) is 4.43. The van der Waals surface area contributed by atoms with Gasteiger partial charge in [-0.1, -0.05) is 29.8 Å². The number of halogens is 1. The second kappa shape index (κ2) is 8.25. The van der Waals surface area contributed by atoms with E-state index in [4.69, 9.17) is 16.0 Å². The first-order chi connectivity index (χ1) is 14.9. The molecule has 0 radical (unpaired) electrons. The van der Waals surface area contributed by atoms with Crippen molar-refractivity contribution in [3.05, 3.63) is 93.2 Å². The van der Waals surface area contributed by atoms with Crippen molar-refractivity contribution >= 4 is 40.0 Å². The van der Waals surface area contributed by atoms with Gasteiger partial charge in [-0.05, 0) is 36.4 Å². The highest BCUT2D eigenvalue weighted by Gasteiger charge is 2.22. The monoisotopic (exact) mass is 436 g/mol. The molecule has 9 nitrogen and oxygen atoms in total. The lowest BCUT2D eigenvalue weighted by Gasteiger charge is -2.11. The van der Waals surface area contributed by atoms with Gasteiger partial charge >= 0.3 is 0 Å². The highest BCUT2D eigenvalue weighted by atomic mass is 35.5. The van der Waals surface area contributed by atoms with Gasteiger partial charge in [0.15, 0.2) is 5.76 Å². The van der Waals surface area contributed by atoms with Gasteiger partial charge in [0.2, 0.25) is 0 Å². The lowest BCUT2D eigenvalue weighted by atomic mass is 10.1. The van der Waals surface area contributed by atoms with Gasteiger partial charge in [0.1, 0.15) is 11.3 Å². The lowest BCUT2D eigenvalue weighted by Crippen LogP contribution is -2.42. The summed E-state index contributed by atoms with van der Waals surface area (Å²) >= 11 is 5.77. The van der Waals surface area contributed by atoms with Crippen LogP contribution in [0.15, 0.2) is 71.3 Å². The number of para-hydroxylation sites is 1. The third-order valence-corrected chi connectivity index (χ3v) is 4.66. The zero-order chi connectivity index (χ0) is 22.0. The van der Waals surface area contributed by atoms with Crippen LogP contribution in [0.2, 0.25) is 5.02 Å². The summed E-state index contributed by atoms with van der Waals surface area (Å²) in [6.07, 6.45) is 1.49. The average molecular weight is 437 g/mol. The summed E-state index contributed by atoms with van der Waals surface area (Å²) in [5.74, 6) is -1.02. The fourth-order valence-electron chi connectivity index (χ4n) is 3.01. The largest absolute Gasteiger partial charge is 0.463 e. The number of nitro benzene ring substituents is 1. The highest BCUT2D eigenvalue weighted by Crippen LogP contribution is 2.25. The van der Waals surface area contributed by atoms with Crippen LogP contribution in [0.3, 0.4) is 0 Å². The summed E-state index contributed by atoms with van der Waals surface area (Å²) < 4.78 is 5.37. The van der Waals surface area contributed by atoms with Crippen LogP contribution in [0.5, 0.6) is 0 Å². The van der Waals surface area contributed by atoms with E-state index in [0.717, 1.165) is 6.07 Å². The summed E-state index contributed by atoms with van der Waals surface area (Å²) in [4.78, 5) is 40.2. The molecule has 0 spiro atoms. The first-order valence-electron chi connectivity index (χ1n) is 8.92. The number of nitro groups is 1. The number of pyridine rings is 1. The van der Waals surface area contributed by atoms with Crippen molar-refractivity contribution in [2.24, 2.45) is 0 Å². The number of hydrogen-bond donors (Lipinski definition) is 2. The van der Waals surface area contributed by atoms with E-state index in [1.807, 2.05) is 0 Å². The van der Waals surface area contributed by atoms with Crippen molar-refractivity contribution in [2.45, 2.75) is 0 Å². The fraction of sp³-hybridized carbons (Fsp3) is 0. The number of nitrogens with zero attached hydrogens (tertiary/aromatic N) is 2. The predicted octanol–water partition coefficient (Wildman–Crippen LogP) is 4.13. The molecule has 0 bridgehead atoms. The number of benzene rings is 2. The molecule has 0 aliphatic rings. The topological polar surface area (TPSA) is 127 Å². The van der Waals surface area contributed by atoms with Crippen LogP contribution in [0.25, 0.3) is 22.4 Å². The van der Waals surface area contributed by atoms with Crippen molar-refractivity contribution in [1.82, 2.24) is 15.8 Å². The van der Waals surface area contributed by atoms with Crippen LogP contribution in [-0.2, 0) is 0 Å². The van der Waals surface area contributed by atoms with Gasteiger partial charge in [-0.2, -0.15) is 0 Å². The smallest absolute Gasteiger partial charge is 0.283 e. The summed E-state index contributed by atoms with van der Waals surface area (Å²) in [5.41, 5.74) is 5.00. The molecule has 4 aromatic rings. The molecule has 2 heterocycles. The number of carbonyl (C=O) groups is 2. The predicted molar refractivity (Wildman–Crippen MR) is 112 cm³/mol. The Labute approximate surface area is 179 Å². The molecule has 0 atom stereocenters. The third kappa shape index (κ3) is 4.07. The molecular weight excluding hydrogens is 424 g/mol. The van der Waals surface area contributed by atoms with E-state index in [0.29, 0.717) is 22.4 Å². The number of nitrogens with one attached hydrogen (secondary N) is 2. The van der Waals surface area contributed by atoms with E-state index in [9.17, 15) is 19.7 Å². The molecule has 0 saturated carbocycles. The lowest BCUT2D eigenvalue weighted by molar-refractivity contribution is -0.385. The molecule has 31 heavy (non-hydrogen) atoms. The Kier molecular flexibility index (Phi) is 5.33. The van der Waals surface area contributed by atoms with Crippen molar-refractivity contribution in [3.63, 3.8) is 0 Å². The van der Waals surface area contributed by atoms with E-state index >= 15 is 0 Å². The molecule has 0 unspecified atom stereocenters. The van der Waals surface area contributed by atoms with Crippen molar-refractivity contribution < 1.29 is 18.9 Å². The minimum atomic E-state index is -0.860. The number of hydrogen-bond acceptors (Lipinski definition) is 6. The molecule has 0 aliphatic carbocycles. The Morgan fingerprint density at radius 1 is 0.968 bits per heavy atom. The number of amides is 2. The molecule has 10 heteroatoms. The summed E-state index contributed by atoms with van der Waals surface area (Å²) in [5, 5.41) is 11.9. The maximum atomic E-state index is 12.8. The Morgan fingerprint density at radius 2 is 1.71 bits per heavy atom. The average Bonchev–Trinajstić information content (AvgIpc) is 3.31. The number of carbonyl (C=O) groups excluding carboxylic acids is 2. The maximum Gasteiger partial charge on any atom is 0.283 e. The van der Waals surface area contributed by atoms with Crippen molar-refractivity contribution in [1.29, 1.82) is 0 Å². The van der Waals surface area contributed by atoms with Gasteiger partial charge in [0, 0.05) is 16.5 Å². The molecule has 2 aromatic heterocycles. The zero-order valence-electron chi connectivity index (χ0n) is 15.7. The van der Waals surface area contributed by atoms with Crippen molar-refractivity contribution in [2.75, 3.05) is 0 Å². The quantitative estimate of drug-likeness (QED) is 0.365. The molecule has 2 N–H and O–H groups in total. The Hall–Kier alpha value is -4.24. The standard InChI is InChI=1S/C21H13ClN4O5/c22-12-7-8-14(18(10-12)26(29)30)20(27)24-25-21(28)15-11-17(19-6-3-9-31-19)23-16-5-2-1-4-13(15)16/h1-11H,(H,24,27)(H,25,28). The first-order valence-corrected chi connectivity index (χ1v) is 9.30. The number of furan rings is 1. The van der Waals surface area contributed by atoms with Crippen molar-refractivity contribution in [3.8, 4) is 11.5 Å². The molecule has 4 rings (SSSR count). The molecule has 0 aliphatic heterocycles. The van der Waals surface area contributed by atoms with Crippen LogP contribution in [-0.4, -0.2) is 21.7 Å². The number of aromatic nitrogens is 1. The summed E-state index contributed by atoms with van der Waals surface area (Å²) in [6, 6.07) is 15.6. The second-order valence-corrected chi connectivity index (χ2v) is 6.81. The van der Waals surface area contributed by atoms with Crippen LogP contribution >= 0.6 is 11.6 Å². The summed E-state index contributed by atoms with van der Waals surface area (Å²) in [7, 11) is 0. The molecule has 2 amide bonds. The normalized spacial score (nSPS) is 10.6. The molecule has 0 fully saturated rings. The maximum absolute atomic E-state index is 12.8. The second-order valence-electron chi connectivity index (χ2n) is 6.38.